The van der Waals surface area contributed by atoms with E-state index in [0.717, 1.165) is 19.5 Å². The highest BCUT2D eigenvalue weighted by Crippen LogP contribution is 2.28. The molecule has 0 radical (unpaired) electrons. The van der Waals surface area contributed by atoms with Gasteiger partial charge in [-0.1, -0.05) is 36.4 Å². The van der Waals surface area contributed by atoms with E-state index in [1.165, 1.54) is 0 Å². The Bertz CT molecular complexity index is 562. The van der Waals surface area contributed by atoms with Crippen molar-refractivity contribution >= 4 is 5.78 Å². The van der Waals surface area contributed by atoms with Gasteiger partial charge in [-0.25, -0.2) is 0 Å². The van der Waals surface area contributed by atoms with E-state index in [2.05, 4.69) is 29.2 Å². The average molecular weight is 269 g/mol. The van der Waals surface area contributed by atoms with E-state index < -0.39 is 0 Å². The second-order valence-corrected chi connectivity index (χ2v) is 5.56. The minimum Gasteiger partial charge on any atom is -0.507 e. The Labute approximate surface area is 119 Å². The van der Waals surface area contributed by atoms with E-state index in [4.69, 9.17) is 0 Å². The molecule has 0 amide bonds. The minimum absolute atomic E-state index is 0.00289. The molecule has 3 nitrogen and oxygen atoms in total. The molecular weight excluding hydrogens is 250 g/mol. The zero-order valence-electron chi connectivity index (χ0n) is 11.4. The molecule has 0 aromatic heterocycles. The van der Waals surface area contributed by atoms with E-state index in [1.54, 1.807) is 24.3 Å². The van der Waals surface area contributed by atoms with Crippen molar-refractivity contribution in [3.8, 4) is 5.75 Å². The maximum Gasteiger partial charge on any atom is 0.180 e. The van der Waals surface area contributed by atoms with Crippen molar-refractivity contribution in [2.45, 2.75) is 6.42 Å². The van der Waals surface area contributed by atoms with Crippen LogP contribution in [0.4, 0.5) is 0 Å². The molecule has 0 bridgehead atoms. The van der Waals surface area contributed by atoms with Gasteiger partial charge < -0.3 is 5.11 Å². The molecular formula is C17H19NO2. The van der Waals surface area contributed by atoms with Gasteiger partial charge in [0, 0.05) is 6.54 Å². The molecule has 104 valence electrons. The van der Waals surface area contributed by atoms with Crippen LogP contribution in [-0.2, 0) is 0 Å². The number of allylic oxidation sites excluding steroid dienone is 3. The van der Waals surface area contributed by atoms with Gasteiger partial charge >= 0.3 is 0 Å². The number of hydrogen-bond donors (Lipinski definition) is 1. The molecule has 2 aliphatic rings. The van der Waals surface area contributed by atoms with Crippen LogP contribution in [0.3, 0.4) is 0 Å². The lowest BCUT2D eigenvalue weighted by Crippen LogP contribution is -2.42. The maximum absolute atomic E-state index is 12.3. The van der Waals surface area contributed by atoms with Crippen LogP contribution >= 0.6 is 0 Å². The molecule has 0 saturated carbocycles. The van der Waals surface area contributed by atoms with Gasteiger partial charge in [0.2, 0.25) is 0 Å². The summed E-state index contributed by atoms with van der Waals surface area (Å²) in [7, 11) is 0. The number of hydrogen-bond acceptors (Lipinski definition) is 3. The van der Waals surface area contributed by atoms with Crippen molar-refractivity contribution in [3.05, 3.63) is 54.1 Å². The molecule has 0 spiro atoms. The Morgan fingerprint density at radius 2 is 1.95 bits per heavy atom. The lowest BCUT2D eigenvalue weighted by molar-refractivity contribution is 0.0876. The maximum atomic E-state index is 12.3. The Kier molecular flexibility index (Phi) is 3.70. The lowest BCUT2D eigenvalue weighted by atomic mass is 9.82. The third kappa shape index (κ3) is 2.68. The van der Waals surface area contributed by atoms with Crippen LogP contribution in [-0.4, -0.2) is 35.4 Å². The molecule has 1 aliphatic heterocycles. The van der Waals surface area contributed by atoms with Gasteiger partial charge in [0.1, 0.15) is 5.75 Å². The van der Waals surface area contributed by atoms with Crippen LogP contribution < -0.4 is 0 Å². The fraction of sp³-hybridized carbons (Fsp3) is 0.353. The summed E-state index contributed by atoms with van der Waals surface area (Å²) in [6, 6.07) is 6.77. The van der Waals surface area contributed by atoms with E-state index in [1.807, 2.05) is 0 Å². The number of aromatic hydroxyl groups is 1. The molecule has 1 aromatic carbocycles. The number of rotatable bonds is 3. The Morgan fingerprint density at radius 1 is 1.20 bits per heavy atom. The Morgan fingerprint density at radius 3 is 2.75 bits per heavy atom. The Balaban J connectivity index is 1.64. The summed E-state index contributed by atoms with van der Waals surface area (Å²) in [6.45, 7) is 2.25. The van der Waals surface area contributed by atoms with Crippen molar-refractivity contribution in [1.82, 2.24) is 4.90 Å². The number of ketones is 1. The molecule has 1 fully saturated rings. The minimum atomic E-state index is -0.00289. The normalized spacial score (nSPS) is 25.4. The van der Waals surface area contributed by atoms with Crippen molar-refractivity contribution < 1.29 is 9.90 Å². The molecule has 2 atom stereocenters. The summed E-state index contributed by atoms with van der Waals surface area (Å²) < 4.78 is 0. The van der Waals surface area contributed by atoms with Gasteiger partial charge in [-0.05, 0) is 36.9 Å². The second kappa shape index (κ2) is 5.63. The van der Waals surface area contributed by atoms with E-state index in [0.29, 0.717) is 23.9 Å². The number of carbonyl (C=O) groups excluding carboxylic acids is 1. The third-order valence-corrected chi connectivity index (χ3v) is 4.20. The van der Waals surface area contributed by atoms with Gasteiger partial charge in [0.05, 0.1) is 12.1 Å². The van der Waals surface area contributed by atoms with Crippen LogP contribution in [0.15, 0.2) is 48.6 Å². The summed E-state index contributed by atoms with van der Waals surface area (Å²) >= 11 is 0. The summed E-state index contributed by atoms with van der Waals surface area (Å²) in [4.78, 5) is 14.5. The SMILES string of the molecule is O=C(CN1CCC2C=CC=CC2C1)c1ccccc1O. The van der Waals surface area contributed by atoms with Crippen LogP contribution in [0, 0.1) is 11.8 Å². The van der Waals surface area contributed by atoms with Crippen LogP contribution in [0.25, 0.3) is 0 Å². The first-order valence-corrected chi connectivity index (χ1v) is 7.12. The van der Waals surface area contributed by atoms with Crippen LogP contribution in [0.2, 0.25) is 0 Å². The molecule has 20 heavy (non-hydrogen) atoms. The number of phenolic OH excluding ortho intramolecular Hbond substituents is 1. The largest absolute Gasteiger partial charge is 0.507 e. The van der Waals surface area contributed by atoms with Crippen molar-refractivity contribution in [2.24, 2.45) is 11.8 Å². The predicted molar refractivity (Wildman–Crippen MR) is 78.8 cm³/mol. The highest BCUT2D eigenvalue weighted by molar-refractivity contribution is 5.99. The zero-order chi connectivity index (χ0) is 13.9. The predicted octanol–water partition coefficient (Wildman–Crippen LogP) is 2.64. The molecule has 3 rings (SSSR count). The number of benzene rings is 1. The molecule has 1 aliphatic carbocycles. The number of phenols is 1. The number of Topliss-reactive ketones (excluding diaryl/α,β-unsaturated/α-hetero) is 1. The van der Waals surface area contributed by atoms with Gasteiger partial charge in [0.25, 0.3) is 0 Å². The van der Waals surface area contributed by atoms with Crippen molar-refractivity contribution in [3.63, 3.8) is 0 Å². The third-order valence-electron chi connectivity index (χ3n) is 4.20. The van der Waals surface area contributed by atoms with Crippen LogP contribution in [0.5, 0.6) is 5.75 Å². The Hall–Kier alpha value is -1.87. The quantitative estimate of drug-likeness (QED) is 0.858. The van der Waals surface area contributed by atoms with Gasteiger partial charge in [-0.2, -0.15) is 0 Å². The number of fused-ring (bicyclic) bond motifs is 1. The average Bonchev–Trinajstić information content (AvgIpc) is 2.47. The molecule has 2 unspecified atom stereocenters. The zero-order valence-corrected chi connectivity index (χ0v) is 11.4. The first kappa shape index (κ1) is 13.1. The lowest BCUT2D eigenvalue weighted by Gasteiger charge is -2.36. The highest BCUT2D eigenvalue weighted by atomic mass is 16.3. The number of nitrogens with zero attached hydrogens (tertiary/aromatic N) is 1. The summed E-state index contributed by atoms with van der Waals surface area (Å²) in [5.74, 6) is 1.21. The number of likely N-dealkylation sites (tertiary alicyclic amines) is 1. The first-order chi connectivity index (χ1) is 9.74. The highest BCUT2D eigenvalue weighted by Gasteiger charge is 2.28. The first-order valence-electron chi connectivity index (χ1n) is 7.12. The molecule has 1 heterocycles. The van der Waals surface area contributed by atoms with E-state index in [9.17, 15) is 9.90 Å². The second-order valence-electron chi connectivity index (χ2n) is 5.56. The fourth-order valence-electron chi connectivity index (χ4n) is 3.07. The van der Waals surface area contributed by atoms with Gasteiger partial charge in [-0.15, -0.1) is 0 Å². The monoisotopic (exact) mass is 269 g/mol. The molecule has 1 saturated heterocycles. The number of piperidine rings is 1. The van der Waals surface area contributed by atoms with E-state index in [-0.39, 0.29) is 11.5 Å². The standard InChI is InChI=1S/C17H19NO2/c19-16-8-4-3-7-15(16)17(20)12-18-10-9-13-5-1-2-6-14(13)11-18/h1-8,13-14,19H,9-12H2. The number of carbonyl (C=O) groups is 1. The number of para-hydroxylation sites is 1. The summed E-state index contributed by atoms with van der Waals surface area (Å²) in [5.41, 5.74) is 0.425. The van der Waals surface area contributed by atoms with Crippen molar-refractivity contribution in [2.75, 3.05) is 19.6 Å². The molecule has 3 heteroatoms. The summed E-state index contributed by atoms with van der Waals surface area (Å²) in [5, 5.41) is 9.74. The van der Waals surface area contributed by atoms with Crippen molar-refractivity contribution in [1.29, 1.82) is 0 Å². The van der Waals surface area contributed by atoms with Gasteiger partial charge in [0.15, 0.2) is 5.78 Å². The topological polar surface area (TPSA) is 40.5 Å². The summed E-state index contributed by atoms with van der Waals surface area (Å²) in [6.07, 6.45) is 9.81. The smallest absolute Gasteiger partial charge is 0.180 e. The van der Waals surface area contributed by atoms with Gasteiger partial charge in [-0.3, -0.25) is 9.69 Å². The molecule has 1 N–H and O–H groups in total. The van der Waals surface area contributed by atoms with Crippen LogP contribution in [0.1, 0.15) is 16.8 Å². The van der Waals surface area contributed by atoms with E-state index >= 15 is 0 Å². The molecule has 1 aromatic rings. The fourth-order valence-corrected chi connectivity index (χ4v) is 3.07.